The first-order chi connectivity index (χ1) is 11.5. The number of ether oxygens (including phenoxy) is 2. The van der Waals surface area contributed by atoms with Crippen LogP contribution in [0.2, 0.25) is 0 Å². The fraction of sp³-hybridized carbons (Fsp3) is 0.333. The van der Waals surface area contributed by atoms with Crippen molar-refractivity contribution in [3.05, 3.63) is 18.2 Å². The Labute approximate surface area is 142 Å². The molecule has 0 saturated carbocycles. The number of hydrogen-bond donors (Lipinski definition) is 2. The minimum Gasteiger partial charge on any atom is -0.454 e. The molecule has 0 spiro atoms. The zero-order valence-corrected chi connectivity index (χ0v) is 14.0. The van der Waals surface area contributed by atoms with Crippen molar-refractivity contribution < 1.29 is 19.1 Å². The van der Waals surface area contributed by atoms with Gasteiger partial charge in [-0.05, 0) is 26.0 Å². The van der Waals surface area contributed by atoms with Gasteiger partial charge in [-0.2, -0.15) is 5.10 Å². The van der Waals surface area contributed by atoms with Gasteiger partial charge in [-0.15, -0.1) is 5.10 Å². The number of amides is 2. The lowest BCUT2D eigenvalue weighted by atomic mass is 10.2. The molecule has 9 heteroatoms. The van der Waals surface area contributed by atoms with Crippen molar-refractivity contribution in [3.63, 3.8) is 0 Å². The molecule has 2 aliphatic rings. The number of carbonyl (C=O) groups is 2. The fourth-order valence-corrected chi connectivity index (χ4v) is 3.00. The van der Waals surface area contributed by atoms with Crippen molar-refractivity contribution in [1.29, 1.82) is 0 Å². The summed E-state index contributed by atoms with van der Waals surface area (Å²) >= 11 is 1.20. The van der Waals surface area contributed by atoms with Crippen LogP contribution in [0.15, 0.2) is 28.4 Å². The summed E-state index contributed by atoms with van der Waals surface area (Å²) in [5.74, 6) is 0.718. The molecule has 0 aliphatic carbocycles. The minimum absolute atomic E-state index is 0.0405. The van der Waals surface area contributed by atoms with Crippen LogP contribution in [0, 0.1) is 0 Å². The van der Waals surface area contributed by atoms with Crippen LogP contribution >= 0.6 is 11.8 Å². The first-order valence-corrected chi connectivity index (χ1v) is 8.15. The van der Waals surface area contributed by atoms with Crippen molar-refractivity contribution in [2.45, 2.75) is 25.5 Å². The molecule has 2 amide bonds. The number of amidine groups is 1. The van der Waals surface area contributed by atoms with E-state index in [1.165, 1.54) is 11.8 Å². The molecule has 1 aromatic carbocycles. The van der Waals surface area contributed by atoms with Crippen LogP contribution in [-0.4, -0.2) is 34.7 Å². The van der Waals surface area contributed by atoms with E-state index < -0.39 is 5.25 Å². The van der Waals surface area contributed by atoms with Gasteiger partial charge in [0.15, 0.2) is 16.7 Å². The first-order valence-electron chi connectivity index (χ1n) is 7.27. The molecule has 0 bridgehead atoms. The molecule has 1 unspecified atom stereocenters. The van der Waals surface area contributed by atoms with Gasteiger partial charge in [0.2, 0.25) is 18.6 Å². The first kappa shape index (κ1) is 16.3. The van der Waals surface area contributed by atoms with Crippen molar-refractivity contribution in [1.82, 2.24) is 5.32 Å². The SMILES string of the molecule is CC(C)=N/N=C1/NC(=O)C(CC(=O)Nc2ccc3c(c2)OCO3)S1. The lowest BCUT2D eigenvalue weighted by molar-refractivity contribution is -0.122. The molecule has 1 saturated heterocycles. The second kappa shape index (κ2) is 6.91. The number of nitrogens with one attached hydrogen (secondary N) is 2. The maximum Gasteiger partial charge on any atom is 0.240 e. The van der Waals surface area contributed by atoms with Crippen LogP contribution < -0.4 is 20.1 Å². The highest BCUT2D eigenvalue weighted by atomic mass is 32.2. The molecular weight excluding hydrogens is 332 g/mol. The van der Waals surface area contributed by atoms with Crippen molar-refractivity contribution >= 4 is 40.1 Å². The van der Waals surface area contributed by atoms with Crippen LogP contribution in [-0.2, 0) is 9.59 Å². The quantitative estimate of drug-likeness (QED) is 0.637. The maximum atomic E-state index is 12.1. The zero-order valence-electron chi connectivity index (χ0n) is 13.2. The van der Waals surface area contributed by atoms with E-state index in [4.69, 9.17) is 9.47 Å². The van der Waals surface area contributed by atoms with E-state index in [9.17, 15) is 9.59 Å². The largest absolute Gasteiger partial charge is 0.454 e. The van der Waals surface area contributed by atoms with Gasteiger partial charge < -0.3 is 20.1 Å². The van der Waals surface area contributed by atoms with Gasteiger partial charge in [0.05, 0.1) is 0 Å². The van der Waals surface area contributed by atoms with Gasteiger partial charge in [-0.1, -0.05) is 11.8 Å². The maximum absolute atomic E-state index is 12.1. The third-order valence-electron chi connectivity index (χ3n) is 3.14. The normalized spacial score (nSPS) is 20.0. The molecule has 8 nitrogen and oxygen atoms in total. The molecule has 0 aromatic heterocycles. The van der Waals surface area contributed by atoms with Gasteiger partial charge in [-0.25, -0.2) is 0 Å². The van der Waals surface area contributed by atoms with Crippen LogP contribution in [0.3, 0.4) is 0 Å². The molecule has 0 radical (unpaired) electrons. The van der Waals surface area contributed by atoms with Crippen molar-refractivity contribution in [3.8, 4) is 11.5 Å². The lowest BCUT2D eigenvalue weighted by Gasteiger charge is -2.08. The lowest BCUT2D eigenvalue weighted by Crippen LogP contribution is -2.28. The number of rotatable bonds is 4. The summed E-state index contributed by atoms with van der Waals surface area (Å²) in [6, 6.07) is 5.14. The van der Waals surface area contributed by atoms with Gasteiger partial charge in [-0.3, -0.25) is 9.59 Å². The summed E-state index contributed by atoms with van der Waals surface area (Å²) in [5, 5.41) is 13.1. The van der Waals surface area contributed by atoms with Crippen LogP contribution in [0.5, 0.6) is 11.5 Å². The summed E-state index contributed by atoms with van der Waals surface area (Å²) in [4.78, 5) is 24.0. The second-order valence-corrected chi connectivity index (χ2v) is 6.56. The molecule has 24 heavy (non-hydrogen) atoms. The second-order valence-electron chi connectivity index (χ2n) is 5.37. The molecule has 1 fully saturated rings. The van der Waals surface area contributed by atoms with E-state index in [0.29, 0.717) is 22.4 Å². The smallest absolute Gasteiger partial charge is 0.240 e. The van der Waals surface area contributed by atoms with Crippen molar-refractivity contribution in [2.24, 2.45) is 10.2 Å². The van der Waals surface area contributed by atoms with Crippen LogP contribution in [0.4, 0.5) is 5.69 Å². The van der Waals surface area contributed by atoms with Gasteiger partial charge >= 0.3 is 0 Å². The molecule has 1 aromatic rings. The third-order valence-corrected chi connectivity index (χ3v) is 4.22. The van der Waals surface area contributed by atoms with Gasteiger partial charge in [0.1, 0.15) is 5.25 Å². The van der Waals surface area contributed by atoms with E-state index >= 15 is 0 Å². The average Bonchev–Trinajstić information content (AvgIpc) is 3.11. The Kier molecular flexibility index (Phi) is 4.70. The van der Waals surface area contributed by atoms with E-state index in [2.05, 4.69) is 20.8 Å². The average molecular weight is 348 g/mol. The summed E-state index contributed by atoms with van der Waals surface area (Å²) in [6.07, 6.45) is 0.0405. The summed E-state index contributed by atoms with van der Waals surface area (Å²) < 4.78 is 10.5. The number of thioether (sulfide) groups is 1. The highest BCUT2D eigenvalue weighted by molar-refractivity contribution is 8.15. The number of carbonyl (C=O) groups excluding carboxylic acids is 2. The van der Waals surface area contributed by atoms with Gasteiger partial charge in [0, 0.05) is 23.9 Å². The Morgan fingerprint density at radius 2 is 2.17 bits per heavy atom. The molecule has 2 aliphatic heterocycles. The van der Waals surface area contributed by atoms with E-state index in [1.807, 2.05) is 13.8 Å². The number of anilines is 1. The third kappa shape index (κ3) is 3.85. The van der Waals surface area contributed by atoms with E-state index in [1.54, 1.807) is 18.2 Å². The summed E-state index contributed by atoms with van der Waals surface area (Å²) in [7, 11) is 0. The molecule has 2 N–H and O–H groups in total. The topological polar surface area (TPSA) is 101 Å². The summed E-state index contributed by atoms with van der Waals surface area (Å²) in [6.45, 7) is 3.79. The van der Waals surface area contributed by atoms with Crippen LogP contribution in [0.25, 0.3) is 0 Å². The molecule has 1 atom stereocenters. The number of nitrogens with zero attached hydrogens (tertiary/aromatic N) is 2. The predicted molar refractivity (Wildman–Crippen MR) is 91.6 cm³/mol. The fourth-order valence-electron chi connectivity index (χ4n) is 2.09. The Hall–Kier alpha value is -2.55. The Bertz CT molecular complexity index is 743. The molecule has 126 valence electrons. The highest BCUT2D eigenvalue weighted by Crippen LogP contribution is 2.34. The van der Waals surface area contributed by atoms with Crippen LogP contribution in [0.1, 0.15) is 20.3 Å². The Morgan fingerprint density at radius 1 is 1.38 bits per heavy atom. The Balaban J connectivity index is 1.58. The predicted octanol–water partition coefficient (Wildman–Crippen LogP) is 1.73. The van der Waals surface area contributed by atoms with E-state index in [0.717, 1.165) is 5.71 Å². The standard InChI is InChI=1S/C15H16N4O4S/c1-8(2)18-19-15-17-14(21)12(24-15)6-13(20)16-9-3-4-10-11(5-9)23-7-22-10/h3-5,12H,6-7H2,1-2H3,(H,16,20)(H,17,19,21). The summed E-state index contributed by atoms with van der Waals surface area (Å²) in [5.41, 5.74) is 1.37. The van der Waals surface area contributed by atoms with E-state index in [-0.39, 0.29) is 25.0 Å². The van der Waals surface area contributed by atoms with Gasteiger partial charge in [0.25, 0.3) is 0 Å². The minimum atomic E-state index is -0.523. The molecular formula is C15H16N4O4S. The molecule has 3 rings (SSSR count). The molecule has 2 heterocycles. The monoisotopic (exact) mass is 348 g/mol. The van der Waals surface area contributed by atoms with Crippen molar-refractivity contribution in [2.75, 3.05) is 12.1 Å². The number of fused-ring (bicyclic) bond motifs is 1. The highest BCUT2D eigenvalue weighted by Gasteiger charge is 2.32. The Morgan fingerprint density at radius 3 is 2.96 bits per heavy atom. The number of benzene rings is 1. The number of hydrogen-bond acceptors (Lipinski definition) is 7. The zero-order chi connectivity index (χ0) is 17.1.